The highest BCUT2D eigenvalue weighted by molar-refractivity contribution is 6.30. The molecule has 0 spiro atoms. The number of nitrogens with one attached hydrogen (secondary N) is 2. The number of benzene rings is 1. The first-order valence-electron chi connectivity index (χ1n) is 9.91. The first-order valence-corrected chi connectivity index (χ1v) is 10.3. The number of piperazine rings is 1. The molecule has 4 amide bonds. The number of amides is 4. The number of anilines is 1. The number of carbonyl (C=O) groups excluding carboxylic acids is 3. The van der Waals surface area contributed by atoms with E-state index >= 15 is 0 Å². The van der Waals surface area contributed by atoms with Crippen LogP contribution in [0, 0.1) is 5.82 Å². The largest absolute Gasteiger partial charge is 0.368 e. The Bertz CT molecular complexity index is 1010. The lowest BCUT2D eigenvalue weighted by Crippen LogP contribution is -2.50. The fourth-order valence-electron chi connectivity index (χ4n) is 3.98. The standard InChI is InChI=1S/C21H21ClFN5O3/c22-16-4-3-15(12-17(16)23)27-8-10-28(11-9-27)18(29)5-6-21(14-2-1-7-24-13-14)19(30)25-20(31)26-21/h1-4,7,12-13H,5-6,8-11H2,(H2,25,26,30,31). The number of rotatable bonds is 5. The van der Waals surface area contributed by atoms with Gasteiger partial charge < -0.3 is 15.1 Å². The van der Waals surface area contributed by atoms with E-state index in [-0.39, 0.29) is 23.8 Å². The number of imide groups is 1. The number of urea groups is 1. The van der Waals surface area contributed by atoms with E-state index in [1.54, 1.807) is 29.3 Å². The molecule has 4 rings (SSSR count). The number of hydrogen-bond acceptors (Lipinski definition) is 5. The Kier molecular flexibility index (Phi) is 5.77. The Labute approximate surface area is 183 Å². The van der Waals surface area contributed by atoms with Crippen molar-refractivity contribution in [3.05, 3.63) is 59.1 Å². The summed E-state index contributed by atoms with van der Waals surface area (Å²) >= 11 is 5.74. The van der Waals surface area contributed by atoms with Gasteiger partial charge in [0.2, 0.25) is 5.91 Å². The van der Waals surface area contributed by atoms with Gasteiger partial charge in [-0.1, -0.05) is 17.7 Å². The predicted octanol–water partition coefficient (Wildman–Crippen LogP) is 2.04. The molecule has 1 aromatic carbocycles. The molecule has 0 aliphatic carbocycles. The summed E-state index contributed by atoms with van der Waals surface area (Å²) < 4.78 is 13.7. The zero-order valence-electron chi connectivity index (χ0n) is 16.6. The Morgan fingerprint density at radius 2 is 1.97 bits per heavy atom. The summed E-state index contributed by atoms with van der Waals surface area (Å²) in [6.07, 6.45) is 3.29. The van der Waals surface area contributed by atoms with Crippen molar-refractivity contribution in [3.8, 4) is 0 Å². The van der Waals surface area contributed by atoms with Gasteiger partial charge in [-0.05, 0) is 30.7 Å². The summed E-state index contributed by atoms with van der Waals surface area (Å²) in [6, 6.07) is 7.44. The molecule has 0 bridgehead atoms. The van der Waals surface area contributed by atoms with E-state index in [9.17, 15) is 18.8 Å². The third kappa shape index (κ3) is 4.18. The third-order valence-electron chi connectivity index (χ3n) is 5.71. The monoisotopic (exact) mass is 445 g/mol. The van der Waals surface area contributed by atoms with E-state index in [4.69, 9.17) is 11.6 Å². The highest BCUT2D eigenvalue weighted by Crippen LogP contribution is 2.30. The summed E-state index contributed by atoms with van der Waals surface area (Å²) in [5, 5.41) is 4.99. The van der Waals surface area contributed by atoms with Crippen LogP contribution in [-0.4, -0.2) is 53.9 Å². The van der Waals surface area contributed by atoms with Gasteiger partial charge in [0, 0.05) is 56.2 Å². The summed E-state index contributed by atoms with van der Waals surface area (Å²) in [5.41, 5.74) is -0.0699. The van der Waals surface area contributed by atoms with Crippen molar-refractivity contribution in [2.75, 3.05) is 31.1 Å². The second-order valence-corrected chi connectivity index (χ2v) is 7.93. The number of carbonyl (C=O) groups is 3. The molecule has 1 atom stereocenters. The second kappa shape index (κ2) is 8.50. The molecular weight excluding hydrogens is 425 g/mol. The zero-order chi connectivity index (χ0) is 22.0. The molecule has 2 aliphatic rings. The summed E-state index contributed by atoms with van der Waals surface area (Å²) in [4.78, 5) is 44.9. The molecule has 2 N–H and O–H groups in total. The Morgan fingerprint density at radius 1 is 1.19 bits per heavy atom. The van der Waals surface area contributed by atoms with Crippen LogP contribution < -0.4 is 15.5 Å². The van der Waals surface area contributed by atoms with Crippen molar-refractivity contribution in [2.24, 2.45) is 0 Å². The Morgan fingerprint density at radius 3 is 2.58 bits per heavy atom. The molecule has 1 unspecified atom stereocenters. The van der Waals surface area contributed by atoms with Crippen LogP contribution in [-0.2, 0) is 15.1 Å². The summed E-state index contributed by atoms with van der Waals surface area (Å²) in [7, 11) is 0. The fourth-order valence-corrected chi connectivity index (χ4v) is 4.10. The van der Waals surface area contributed by atoms with Crippen molar-refractivity contribution < 1.29 is 18.8 Å². The molecule has 8 nitrogen and oxygen atoms in total. The number of pyridine rings is 1. The van der Waals surface area contributed by atoms with Crippen LogP contribution in [0.4, 0.5) is 14.9 Å². The SMILES string of the molecule is O=C1NC(=O)C(CCC(=O)N2CCN(c3ccc(Cl)c(F)c3)CC2)(c2cccnc2)N1. The molecule has 162 valence electrons. The van der Waals surface area contributed by atoms with Gasteiger partial charge in [-0.25, -0.2) is 9.18 Å². The van der Waals surface area contributed by atoms with Crippen LogP contribution in [0.5, 0.6) is 0 Å². The van der Waals surface area contributed by atoms with Gasteiger partial charge in [-0.3, -0.25) is 19.9 Å². The van der Waals surface area contributed by atoms with Crippen LogP contribution in [0.2, 0.25) is 5.02 Å². The predicted molar refractivity (Wildman–Crippen MR) is 112 cm³/mol. The molecule has 1 aromatic heterocycles. The molecule has 2 aliphatic heterocycles. The normalized spacial score (nSPS) is 21.1. The maximum atomic E-state index is 13.7. The minimum atomic E-state index is -1.32. The van der Waals surface area contributed by atoms with Crippen LogP contribution in [0.3, 0.4) is 0 Å². The second-order valence-electron chi connectivity index (χ2n) is 7.52. The van der Waals surface area contributed by atoms with E-state index in [0.29, 0.717) is 31.7 Å². The minimum absolute atomic E-state index is 0.0724. The smallest absolute Gasteiger partial charge is 0.322 e. The van der Waals surface area contributed by atoms with Gasteiger partial charge in [0.05, 0.1) is 5.02 Å². The van der Waals surface area contributed by atoms with E-state index < -0.39 is 23.3 Å². The van der Waals surface area contributed by atoms with Gasteiger partial charge in [0.15, 0.2) is 0 Å². The van der Waals surface area contributed by atoms with Crippen molar-refractivity contribution in [1.29, 1.82) is 0 Å². The average molecular weight is 446 g/mol. The fraction of sp³-hybridized carbons (Fsp3) is 0.333. The number of nitrogens with zero attached hydrogens (tertiary/aromatic N) is 3. The molecular formula is C21H21ClFN5O3. The lowest BCUT2D eigenvalue weighted by atomic mass is 9.86. The molecule has 2 aromatic rings. The Balaban J connectivity index is 1.39. The lowest BCUT2D eigenvalue weighted by molar-refractivity contribution is -0.132. The van der Waals surface area contributed by atoms with Crippen LogP contribution >= 0.6 is 11.6 Å². The maximum Gasteiger partial charge on any atom is 0.322 e. The van der Waals surface area contributed by atoms with E-state index in [1.165, 1.54) is 18.3 Å². The first-order chi connectivity index (χ1) is 14.9. The molecule has 3 heterocycles. The maximum absolute atomic E-state index is 13.7. The van der Waals surface area contributed by atoms with Crippen molar-refractivity contribution >= 4 is 35.1 Å². The van der Waals surface area contributed by atoms with E-state index in [1.807, 2.05) is 4.90 Å². The van der Waals surface area contributed by atoms with Crippen LogP contribution in [0.1, 0.15) is 18.4 Å². The number of aromatic nitrogens is 1. The van der Waals surface area contributed by atoms with Gasteiger partial charge in [-0.15, -0.1) is 0 Å². The first kappa shape index (κ1) is 21.0. The Hall–Kier alpha value is -3.20. The van der Waals surface area contributed by atoms with Crippen molar-refractivity contribution in [1.82, 2.24) is 20.5 Å². The highest BCUT2D eigenvalue weighted by atomic mass is 35.5. The number of hydrogen-bond donors (Lipinski definition) is 2. The topological polar surface area (TPSA) is 94.6 Å². The van der Waals surface area contributed by atoms with Gasteiger partial charge in [0.25, 0.3) is 5.91 Å². The van der Waals surface area contributed by atoms with Crippen LogP contribution in [0.25, 0.3) is 0 Å². The third-order valence-corrected chi connectivity index (χ3v) is 6.02. The molecule has 2 fully saturated rings. The molecule has 2 saturated heterocycles. The van der Waals surface area contributed by atoms with E-state index in [0.717, 1.165) is 5.69 Å². The molecule has 31 heavy (non-hydrogen) atoms. The lowest BCUT2D eigenvalue weighted by Gasteiger charge is -2.36. The quantitative estimate of drug-likeness (QED) is 0.687. The van der Waals surface area contributed by atoms with Gasteiger partial charge >= 0.3 is 6.03 Å². The van der Waals surface area contributed by atoms with Gasteiger partial charge in [0.1, 0.15) is 11.4 Å². The average Bonchev–Trinajstić information content (AvgIpc) is 3.08. The minimum Gasteiger partial charge on any atom is -0.368 e. The summed E-state index contributed by atoms with van der Waals surface area (Å²) in [6.45, 7) is 2.05. The van der Waals surface area contributed by atoms with Crippen molar-refractivity contribution in [2.45, 2.75) is 18.4 Å². The zero-order valence-corrected chi connectivity index (χ0v) is 17.4. The van der Waals surface area contributed by atoms with Gasteiger partial charge in [-0.2, -0.15) is 0 Å². The van der Waals surface area contributed by atoms with Crippen LogP contribution in [0.15, 0.2) is 42.7 Å². The highest BCUT2D eigenvalue weighted by Gasteiger charge is 2.48. The molecule has 10 heteroatoms. The number of halogens is 2. The van der Waals surface area contributed by atoms with Crippen molar-refractivity contribution in [3.63, 3.8) is 0 Å². The van der Waals surface area contributed by atoms with E-state index in [2.05, 4.69) is 15.6 Å². The molecule has 0 saturated carbocycles. The summed E-state index contributed by atoms with van der Waals surface area (Å²) in [5.74, 6) is -1.08. The molecule has 0 radical (unpaired) electrons.